The average Bonchev–Trinajstić information content (AvgIpc) is 2.50. The Kier molecular flexibility index (Phi) is 7.20. The number of nitrogens with one attached hydrogen (secondary N) is 2. The Labute approximate surface area is 127 Å². The molecular formula is C17H28N2O2. The van der Waals surface area contributed by atoms with E-state index in [2.05, 4.69) is 24.1 Å². The first-order valence-electron chi connectivity index (χ1n) is 8.13. The molecule has 0 aliphatic heterocycles. The third-order valence-corrected chi connectivity index (χ3v) is 3.93. The Morgan fingerprint density at radius 1 is 1.24 bits per heavy atom. The Morgan fingerprint density at radius 3 is 2.48 bits per heavy atom. The highest BCUT2D eigenvalue weighted by Crippen LogP contribution is 2.09. The molecule has 1 atom stereocenters. The minimum atomic E-state index is -0.285. The summed E-state index contributed by atoms with van der Waals surface area (Å²) in [6, 6.07) is 1.90. The summed E-state index contributed by atoms with van der Waals surface area (Å²) < 4.78 is 0. The van der Waals surface area contributed by atoms with Crippen molar-refractivity contribution in [3.63, 3.8) is 0 Å². The number of hydrogen-bond acceptors (Lipinski definition) is 2. The first kappa shape index (κ1) is 17.5. The summed E-state index contributed by atoms with van der Waals surface area (Å²) >= 11 is 0. The van der Waals surface area contributed by atoms with Gasteiger partial charge in [-0.1, -0.05) is 40.5 Å². The van der Waals surface area contributed by atoms with Crippen LogP contribution in [0.2, 0.25) is 0 Å². The maximum Gasteiger partial charge on any atom is 0.261 e. The molecule has 0 saturated carbocycles. The number of amides is 1. The van der Waals surface area contributed by atoms with Crippen LogP contribution >= 0.6 is 0 Å². The maximum absolute atomic E-state index is 12.3. The SMILES string of the molecule is CCCC[C@H](CC)NC(=O)c1cc(CC)c(CC)[nH]c1=O. The van der Waals surface area contributed by atoms with E-state index in [9.17, 15) is 9.59 Å². The number of rotatable bonds is 8. The molecular weight excluding hydrogens is 264 g/mol. The van der Waals surface area contributed by atoms with Crippen molar-refractivity contribution < 1.29 is 4.79 Å². The summed E-state index contributed by atoms with van der Waals surface area (Å²) in [6.07, 6.45) is 5.63. The molecule has 1 aromatic heterocycles. The van der Waals surface area contributed by atoms with Gasteiger partial charge in [0.25, 0.3) is 11.5 Å². The lowest BCUT2D eigenvalue weighted by atomic mass is 10.0. The van der Waals surface area contributed by atoms with E-state index in [-0.39, 0.29) is 23.1 Å². The van der Waals surface area contributed by atoms with Gasteiger partial charge in [0, 0.05) is 11.7 Å². The Balaban J connectivity index is 2.94. The number of hydrogen-bond donors (Lipinski definition) is 2. The van der Waals surface area contributed by atoms with Crippen molar-refractivity contribution in [2.45, 2.75) is 72.3 Å². The zero-order valence-electron chi connectivity index (χ0n) is 13.7. The first-order valence-corrected chi connectivity index (χ1v) is 8.13. The average molecular weight is 292 g/mol. The third-order valence-electron chi connectivity index (χ3n) is 3.93. The van der Waals surface area contributed by atoms with E-state index in [1.807, 2.05) is 13.8 Å². The van der Waals surface area contributed by atoms with Gasteiger partial charge < -0.3 is 10.3 Å². The first-order chi connectivity index (χ1) is 10.1. The summed E-state index contributed by atoms with van der Waals surface area (Å²) in [6.45, 7) is 8.23. The van der Waals surface area contributed by atoms with Crippen molar-refractivity contribution in [1.82, 2.24) is 10.3 Å². The fraction of sp³-hybridized carbons (Fsp3) is 0.647. The van der Waals surface area contributed by atoms with Crippen LogP contribution in [0.5, 0.6) is 0 Å². The van der Waals surface area contributed by atoms with Crippen molar-refractivity contribution in [2.75, 3.05) is 0 Å². The third kappa shape index (κ3) is 4.73. The minimum Gasteiger partial charge on any atom is -0.349 e. The van der Waals surface area contributed by atoms with E-state index in [0.29, 0.717) is 0 Å². The molecule has 118 valence electrons. The van der Waals surface area contributed by atoms with Crippen LogP contribution in [-0.4, -0.2) is 16.9 Å². The van der Waals surface area contributed by atoms with Crippen molar-refractivity contribution in [1.29, 1.82) is 0 Å². The van der Waals surface area contributed by atoms with E-state index < -0.39 is 0 Å². The van der Waals surface area contributed by atoms with Gasteiger partial charge in [-0.3, -0.25) is 9.59 Å². The monoisotopic (exact) mass is 292 g/mol. The zero-order valence-corrected chi connectivity index (χ0v) is 13.7. The summed E-state index contributed by atoms with van der Waals surface area (Å²) in [5.74, 6) is -0.253. The lowest BCUT2D eigenvalue weighted by molar-refractivity contribution is 0.0931. The Hall–Kier alpha value is -1.58. The van der Waals surface area contributed by atoms with Crippen LogP contribution in [0.3, 0.4) is 0 Å². The predicted octanol–water partition coefficient (Wildman–Crippen LogP) is 3.20. The summed E-state index contributed by atoms with van der Waals surface area (Å²) in [5, 5.41) is 2.99. The van der Waals surface area contributed by atoms with Gasteiger partial charge in [-0.2, -0.15) is 0 Å². The fourth-order valence-corrected chi connectivity index (χ4v) is 2.50. The zero-order chi connectivity index (χ0) is 15.8. The molecule has 0 aliphatic carbocycles. The highest BCUT2D eigenvalue weighted by Gasteiger charge is 2.16. The number of pyridine rings is 1. The van der Waals surface area contributed by atoms with Crippen molar-refractivity contribution in [2.24, 2.45) is 0 Å². The van der Waals surface area contributed by atoms with E-state index in [0.717, 1.165) is 49.8 Å². The van der Waals surface area contributed by atoms with Crippen LogP contribution in [-0.2, 0) is 12.8 Å². The molecule has 4 heteroatoms. The predicted molar refractivity (Wildman–Crippen MR) is 86.9 cm³/mol. The van der Waals surface area contributed by atoms with Gasteiger partial charge in [-0.15, -0.1) is 0 Å². The number of aromatic nitrogens is 1. The molecule has 0 aromatic carbocycles. The Bertz CT molecular complexity index is 520. The largest absolute Gasteiger partial charge is 0.349 e. The number of unbranched alkanes of at least 4 members (excludes halogenated alkanes) is 1. The lowest BCUT2D eigenvalue weighted by Crippen LogP contribution is -2.37. The standard InChI is InChI=1S/C17H28N2O2/c1-5-9-10-13(7-3)18-16(20)14-11-12(6-2)15(8-4)19-17(14)21/h11,13H,5-10H2,1-4H3,(H,18,20)(H,19,21)/t13-/m0/s1. The topological polar surface area (TPSA) is 62.0 Å². The molecule has 4 nitrogen and oxygen atoms in total. The quantitative estimate of drug-likeness (QED) is 0.773. The molecule has 0 bridgehead atoms. The van der Waals surface area contributed by atoms with Crippen LogP contribution in [0.1, 0.15) is 75.0 Å². The fourth-order valence-electron chi connectivity index (χ4n) is 2.50. The van der Waals surface area contributed by atoms with Crippen molar-refractivity contribution in [3.05, 3.63) is 33.2 Å². The second-order valence-electron chi connectivity index (χ2n) is 5.44. The van der Waals surface area contributed by atoms with E-state index in [4.69, 9.17) is 0 Å². The maximum atomic E-state index is 12.3. The molecule has 21 heavy (non-hydrogen) atoms. The van der Waals surface area contributed by atoms with Gasteiger partial charge >= 0.3 is 0 Å². The van der Waals surface area contributed by atoms with E-state index >= 15 is 0 Å². The molecule has 0 fully saturated rings. The highest BCUT2D eigenvalue weighted by atomic mass is 16.2. The number of carbonyl (C=O) groups is 1. The second kappa shape index (κ2) is 8.65. The molecule has 0 spiro atoms. The number of carbonyl (C=O) groups excluding carboxylic acids is 1. The molecule has 1 amide bonds. The van der Waals surface area contributed by atoms with Gasteiger partial charge in [-0.25, -0.2) is 0 Å². The number of aromatic amines is 1. The van der Waals surface area contributed by atoms with Crippen LogP contribution in [0, 0.1) is 0 Å². The van der Waals surface area contributed by atoms with E-state index in [1.165, 1.54) is 0 Å². The van der Waals surface area contributed by atoms with Crippen LogP contribution < -0.4 is 10.9 Å². The molecule has 2 N–H and O–H groups in total. The normalized spacial score (nSPS) is 12.2. The van der Waals surface area contributed by atoms with Crippen LogP contribution in [0.25, 0.3) is 0 Å². The second-order valence-corrected chi connectivity index (χ2v) is 5.44. The molecule has 0 saturated heterocycles. The molecule has 0 unspecified atom stereocenters. The van der Waals surface area contributed by atoms with Gasteiger partial charge in [0.1, 0.15) is 5.56 Å². The van der Waals surface area contributed by atoms with Crippen LogP contribution in [0.15, 0.2) is 10.9 Å². The highest BCUT2D eigenvalue weighted by molar-refractivity contribution is 5.94. The van der Waals surface area contributed by atoms with E-state index in [1.54, 1.807) is 6.07 Å². The molecule has 0 radical (unpaired) electrons. The summed E-state index contributed by atoms with van der Waals surface area (Å²) in [4.78, 5) is 27.3. The molecule has 1 rings (SSSR count). The molecule has 1 heterocycles. The van der Waals surface area contributed by atoms with Gasteiger partial charge in [0.05, 0.1) is 0 Å². The lowest BCUT2D eigenvalue weighted by Gasteiger charge is -2.17. The van der Waals surface area contributed by atoms with Crippen LogP contribution in [0.4, 0.5) is 0 Å². The number of H-pyrrole nitrogens is 1. The van der Waals surface area contributed by atoms with Gasteiger partial charge in [0.2, 0.25) is 0 Å². The van der Waals surface area contributed by atoms with Crippen molar-refractivity contribution in [3.8, 4) is 0 Å². The summed E-state index contributed by atoms with van der Waals surface area (Å²) in [7, 11) is 0. The minimum absolute atomic E-state index is 0.146. The van der Waals surface area contributed by atoms with Gasteiger partial charge in [0.15, 0.2) is 0 Å². The molecule has 1 aromatic rings. The number of aryl methyl sites for hydroxylation is 2. The smallest absolute Gasteiger partial charge is 0.261 e. The summed E-state index contributed by atoms with van der Waals surface area (Å²) in [5.41, 5.74) is 1.92. The van der Waals surface area contributed by atoms with Gasteiger partial charge in [-0.05, 0) is 37.3 Å². The Morgan fingerprint density at radius 2 is 1.95 bits per heavy atom. The molecule has 0 aliphatic rings. The van der Waals surface area contributed by atoms with Crippen molar-refractivity contribution >= 4 is 5.91 Å².